The highest BCUT2D eigenvalue weighted by Gasteiger charge is 2.29. The standard InChI is InChI=1S/C17H30BrN3/c1-5-21(12-6-11-20(3)4)17(2,14-19)13-15-7-9-16(18)10-8-15/h7-10H,5-6,11-14,19H2,1-4H3. The van der Waals surface area contributed by atoms with E-state index < -0.39 is 0 Å². The Balaban J connectivity index is 2.72. The van der Waals surface area contributed by atoms with E-state index in [4.69, 9.17) is 5.73 Å². The van der Waals surface area contributed by atoms with Gasteiger partial charge in [-0.1, -0.05) is 35.0 Å². The molecule has 1 aromatic rings. The van der Waals surface area contributed by atoms with Gasteiger partial charge < -0.3 is 10.6 Å². The van der Waals surface area contributed by atoms with Gasteiger partial charge in [0.2, 0.25) is 0 Å². The van der Waals surface area contributed by atoms with Gasteiger partial charge in [-0.15, -0.1) is 0 Å². The molecule has 0 saturated carbocycles. The zero-order valence-corrected chi connectivity index (χ0v) is 15.5. The summed E-state index contributed by atoms with van der Waals surface area (Å²) in [5.41, 5.74) is 7.50. The molecular formula is C17H30BrN3. The van der Waals surface area contributed by atoms with Gasteiger partial charge in [-0.25, -0.2) is 0 Å². The predicted octanol–water partition coefficient (Wildman–Crippen LogP) is 2.98. The van der Waals surface area contributed by atoms with E-state index in [-0.39, 0.29) is 5.54 Å². The number of hydrogen-bond donors (Lipinski definition) is 1. The molecule has 0 spiro atoms. The van der Waals surface area contributed by atoms with E-state index in [1.165, 1.54) is 12.0 Å². The molecule has 0 amide bonds. The first-order valence-corrected chi connectivity index (χ1v) is 8.55. The quantitative estimate of drug-likeness (QED) is 0.738. The zero-order chi connectivity index (χ0) is 15.9. The van der Waals surface area contributed by atoms with Crippen molar-refractivity contribution in [1.29, 1.82) is 0 Å². The highest BCUT2D eigenvalue weighted by Crippen LogP contribution is 2.21. The Hall–Kier alpha value is -0.420. The summed E-state index contributed by atoms with van der Waals surface area (Å²) >= 11 is 3.49. The second-order valence-corrected chi connectivity index (χ2v) is 7.16. The van der Waals surface area contributed by atoms with Crippen molar-refractivity contribution in [2.75, 3.05) is 40.3 Å². The van der Waals surface area contributed by atoms with E-state index in [9.17, 15) is 0 Å². The van der Waals surface area contributed by atoms with Gasteiger partial charge in [0.05, 0.1) is 0 Å². The first-order chi connectivity index (χ1) is 9.91. The summed E-state index contributed by atoms with van der Waals surface area (Å²) in [5, 5.41) is 0. The normalized spacial score (nSPS) is 14.7. The summed E-state index contributed by atoms with van der Waals surface area (Å²) in [6, 6.07) is 8.58. The maximum Gasteiger partial charge on any atom is 0.0343 e. The molecule has 0 saturated heterocycles. The van der Waals surface area contributed by atoms with Crippen LogP contribution in [0, 0.1) is 0 Å². The first kappa shape index (κ1) is 18.6. The third-order valence-electron chi connectivity index (χ3n) is 4.12. The molecule has 1 rings (SSSR count). The summed E-state index contributed by atoms with van der Waals surface area (Å²) in [7, 11) is 4.25. The Morgan fingerprint density at radius 3 is 2.24 bits per heavy atom. The average Bonchev–Trinajstić information content (AvgIpc) is 2.45. The fourth-order valence-corrected chi connectivity index (χ4v) is 3.01. The molecule has 120 valence electrons. The Morgan fingerprint density at radius 1 is 1.14 bits per heavy atom. The van der Waals surface area contributed by atoms with Crippen LogP contribution in [0.25, 0.3) is 0 Å². The lowest BCUT2D eigenvalue weighted by Crippen LogP contribution is -2.53. The second-order valence-electron chi connectivity index (χ2n) is 6.24. The smallest absolute Gasteiger partial charge is 0.0343 e. The SMILES string of the molecule is CCN(CCCN(C)C)C(C)(CN)Cc1ccc(Br)cc1. The lowest BCUT2D eigenvalue weighted by Gasteiger charge is -2.40. The third kappa shape index (κ3) is 6.07. The van der Waals surface area contributed by atoms with Gasteiger partial charge in [-0.2, -0.15) is 0 Å². The van der Waals surface area contributed by atoms with Crippen molar-refractivity contribution in [2.45, 2.75) is 32.2 Å². The van der Waals surface area contributed by atoms with Gasteiger partial charge in [0.1, 0.15) is 0 Å². The van der Waals surface area contributed by atoms with Crippen LogP contribution in [-0.2, 0) is 6.42 Å². The number of halogens is 1. The van der Waals surface area contributed by atoms with Crippen LogP contribution in [-0.4, -0.2) is 55.6 Å². The summed E-state index contributed by atoms with van der Waals surface area (Å²) in [4.78, 5) is 4.76. The minimum absolute atomic E-state index is 0.0227. The fourth-order valence-electron chi connectivity index (χ4n) is 2.74. The Bertz CT molecular complexity index is 405. The van der Waals surface area contributed by atoms with Crippen LogP contribution in [0.15, 0.2) is 28.7 Å². The summed E-state index contributed by atoms with van der Waals surface area (Å²) < 4.78 is 1.12. The maximum absolute atomic E-state index is 6.13. The van der Waals surface area contributed by atoms with Crippen LogP contribution >= 0.6 is 15.9 Å². The number of nitrogens with zero attached hydrogens (tertiary/aromatic N) is 2. The van der Waals surface area contributed by atoms with Crippen LogP contribution in [0.2, 0.25) is 0 Å². The third-order valence-corrected chi connectivity index (χ3v) is 4.65. The van der Waals surface area contributed by atoms with Gasteiger partial charge in [0.25, 0.3) is 0 Å². The van der Waals surface area contributed by atoms with Crippen LogP contribution < -0.4 is 5.73 Å². The van der Waals surface area contributed by atoms with Gasteiger partial charge in [-0.05, 0) is 71.2 Å². The second kappa shape index (κ2) is 8.89. The van der Waals surface area contributed by atoms with Crippen LogP contribution in [0.3, 0.4) is 0 Å². The van der Waals surface area contributed by atoms with Crippen molar-refractivity contribution in [2.24, 2.45) is 5.73 Å². The Kier molecular flexibility index (Phi) is 7.88. The molecule has 1 aromatic carbocycles. The van der Waals surface area contributed by atoms with Crippen LogP contribution in [0.5, 0.6) is 0 Å². The molecule has 2 N–H and O–H groups in total. The molecule has 0 aliphatic rings. The summed E-state index contributed by atoms with van der Waals surface area (Å²) in [6.07, 6.45) is 2.17. The number of rotatable bonds is 9. The van der Waals surface area contributed by atoms with Crippen molar-refractivity contribution >= 4 is 15.9 Å². The van der Waals surface area contributed by atoms with Crippen molar-refractivity contribution in [3.8, 4) is 0 Å². The average molecular weight is 356 g/mol. The molecule has 0 aliphatic heterocycles. The van der Waals surface area contributed by atoms with E-state index in [0.717, 1.165) is 30.5 Å². The van der Waals surface area contributed by atoms with Crippen LogP contribution in [0.1, 0.15) is 25.8 Å². The molecule has 0 aromatic heterocycles. The molecule has 0 radical (unpaired) electrons. The van der Waals surface area contributed by atoms with E-state index in [1.807, 2.05) is 0 Å². The largest absolute Gasteiger partial charge is 0.329 e. The van der Waals surface area contributed by atoms with Crippen molar-refractivity contribution in [1.82, 2.24) is 9.80 Å². The molecule has 21 heavy (non-hydrogen) atoms. The molecule has 0 bridgehead atoms. The van der Waals surface area contributed by atoms with Crippen molar-refractivity contribution in [3.05, 3.63) is 34.3 Å². The van der Waals surface area contributed by atoms with Gasteiger partial charge in [0.15, 0.2) is 0 Å². The number of benzene rings is 1. The molecule has 1 atom stereocenters. The highest BCUT2D eigenvalue weighted by atomic mass is 79.9. The van der Waals surface area contributed by atoms with E-state index in [0.29, 0.717) is 6.54 Å². The molecule has 1 unspecified atom stereocenters. The minimum Gasteiger partial charge on any atom is -0.329 e. The van der Waals surface area contributed by atoms with Gasteiger partial charge >= 0.3 is 0 Å². The molecule has 4 heteroatoms. The fraction of sp³-hybridized carbons (Fsp3) is 0.647. The molecule has 0 fully saturated rings. The molecule has 0 aliphatic carbocycles. The van der Waals surface area contributed by atoms with Gasteiger partial charge in [-0.3, -0.25) is 4.90 Å². The number of hydrogen-bond acceptors (Lipinski definition) is 3. The topological polar surface area (TPSA) is 32.5 Å². The van der Waals surface area contributed by atoms with E-state index in [1.54, 1.807) is 0 Å². The van der Waals surface area contributed by atoms with Crippen molar-refractivity contribution in [3.63, 3.8) is 0 Å². The van der Waals surface area contributed by atoms with E-state index in [2.05, 4.69) is 77.9 Å². The zero-order valence-electron chi connectivity index (χ0n) is 13.9. The maximum atomic E-state index is 6.13. The minimum atomic E-state index is 0.0227. The monoisotopic (exact) mass is 355 g/mol. The first-order valence-electron chi connectivity index (χ1n) is 7.75. The lowest BCUT2D eigenvalue weighted by molar-refractivity contribution is 0.112. The van der Waals surface area contributed by atoms with Gasteiger partial charge in [0, 0.05) is 16.6 Å². The molecular weight excluding hydrogens is 326 g/mol. The predicted molar refractivity (Wildman–Crippen MR) is 95.7 cm³/mol. The summed E-state index contributed by atoms with van der Waals surface area (Å²) in [5.74, 6) is 0. The van der Waals surface area contributed by atoms with E-state index >= 15 is 0 Å². The lowest BCUT2D eigenvalue weighted by atomic mass is 9.90. The highest BCUT2D eigenvalue weighted by molar-refractivity contribution is 9.10. The molecule has 3 nitrogen and oxygen atoms in total. The Labute approximate surface area is 138 Å². The molecule has 0 heterocycles. The van der Waals surface area contributed by atoms with Crippen LogP contribution in [0.4, 0.5) is 0 Å². The number of likely N-dealkylation sites (N-methyl/N-ethyl adjacent to an activating group) is 1. The van der Waals surface area contributed by atoms with Crippen molar-refractivity contribution < 1.29 is 0 Å². The Morgan fingerprint density at radius 2 is 1.76 bits per heavy atom. The summed E-state index contributed by atoms with van der Waals surface area (Å²) in [6.45, 7) is 8.45. The number of nitrogens with two attached hydrogens (primary N) is 1.